The van der Waals surface area contributed by atoms with Gasteiger partial charge in [0.1, 0.15) is 5.60 Å². The maximum Gasteiger partial charge on any atom is 0.160 e. The number of hydrogen-bond acceptors (Lipinski definition) is 2. The highest BCUT2D eigenvalue weighted by Gasteiger charge is 2.39. The van der Waals surface area contributed by atoms with E-state index in [0.29, 0.717) is 29.6 Å². The number of rotatable bonds is 3. The fourth-order valence-electron chi connectivity index (χ4n) is 3.38. The molecule has 0 aromatic heterocycles. The van der Waals surface area contributed by atoms with Crippen LogP contribution in [0.25, 0.3) is 5.57 Å². The van der Waals surface area contributed by atoms with Crippen LogP contribution < -0.4 is 5.32 Å². The molecule has 1 unspecified atom stereocenters. The summed E-state index contributed by atoms with van der Waals surface area (Å²) in [7, 11) is 0. The van der Waals surface area contributed by atoms with Crippen molar-refractivity contribution in [1.29, 1.82) is 0 Å². The molecule has 0 amide bonds. The fraction of sp³-hybridized carbons (Fsp3) is 0.300. The third-order valence-electron chi connectivity index (χ3n) is 5.05. The first kappa shape index (κ1) is 16.9. The second-order valence-corrected chi connectivity index (χ2v) is 7.85. The molecule has 1 saturated heterocycles. The lowest BCUT2D eigenvalue weighted by Gasteiger charge is -2.35. The van der Waals surface area contributed by atoms with Crippen LogP contribution in [0.4, 0.5) is 4.39 Å². The average Bonchev–Trinajstić information content (AvgIpc) is 2.96. The fourth-order valence-corrected chi connectivity index (χ4v) is 3.90. The van der Waals surface area contributed by atoms with E-state index in [1.165, 1.54) is 0 Å². The monoisotopic (exact) mass is 377 g/mol. The third kappa shape index (κ3) is 3.05. The molecule has 0 radical (unpaired) electrons. The number of halogens is 3. The van der Waals surface area contributed by atoms with Gasteiger partial charge in [-0.2, -0.15) is 0 Å². The van der Waals surface area contributed by atoms with Crippen LogP contribution in [0.1, 0.15) is 30.0 Å². The number of ether oxygens (including phenoxy) is 1. The predicted octanol–water partition coefficient (Wildman–Crippen LogP) is 5.44. The van der Waals surface area contributed by atoms with Crippen molar-refractivity contribution >= 4 is 28.8 Å². The first-order valence-corrected chi connectivity index (χ1v) is 8.98. The Balaban J connectivity index is 1.55. The first-order chi connectivity index (χ1) is 11.9. The minimum atomic E-state index is -1.23. The summed E-state index contributed by atoms with van der Waals surface area (Å²) < 4.78 is 20.4. The van der Waals surface area contributed by atoms with Gasteiger partial charge in [-0.25, -0.2) is 4.39 Å². The smallest absolute Gasteiger partial charge is 0.160 e. The molecule has 1 atom stereocenters. The van der Waals surface area contributed by atoms with E-state index in [2.05, 4.69) is 5.32 Å². The van der Waals surface area contributed by atoms with Crippen LogP contribution >= 0.6 is 23.2 Å². The Hall–Kier alpha value is -1.55. The van der Waals surface area contributed by atoms with E-state index in [-0.39, 0.29) is 0 Å². The highest BCUT2D eigenvalue weighted by atomic mass is 35.5. The Morgan fingerprint density at radius 3 is 2.20 bits per heavy atom. The van der Waals surface area contributed by atoms with E-state index in [1.807, 2.05) is 43.3 Å². The van der Waals surface area contributed by atoms with E-state index in [1.54, 1.807) is 12.3 Å². The van der Waals surface area contributed by atoms with Crippen molar-refractivity contribution in [2.75, 3.05) is 13.1 Å². The molecule has 2 aromatic rings. The molecule has 2 nitrogen and oxygen atoms in total. The number of alkyl halides is 1. The Morgan fingerprint density at radius 2 is 1.64 bits per heavy atom. The standard InChI is InChI=1S/C20H18Cl2FNO/c1-19(16-6-17(21)8-18(22)7-16)9-14(10-25-19)13-2-4-15(5-3-13)20(23)11-24-12-20/h2-8,10,24H,9,11-12H2,1H3. The lowest BCUT2D eigenvalue weighted by molar-refractivity contribution is 0.0612. The molecule has 25 heavy (non-hydrogen) atoms. The van der Waals surface area contributed by atoms with Gasteiger partial charge in [-0.3, -0.25) is 0 Å². The van der Waals surface area contributed by atoms with E-state index < -0.39 is 11.3 Å². The minimum absolute atomic E-state index is 0.381. The molecule has 2 heterocycles. The van der Waals surface area contributed by atoms with Crippen molar-refractivity contribution in [3.8, 4) is 0 Å². The maximum atomic E-state index is 14.4. The Bertz CT molecular complexity index is 825. The molecule has 1 fully saturated rings. The normalized spacial score (nSPS) is 24.4. The molecular formula is C20H18Cl2FNO. The SMILES string of the molecule is CC1(c2cc(Cl)cc(Cl)c2)CC(c2ccc(C3(F)CNC3)cc2)=CO1. The van der Waals surface area contributed by atoms with Gasteiger partial charge in [0.15, 0.2) is 5.67 Å². The lowest BCUT2D eigenvalue weighted by Crippen LogP contribution is -2.53. The summed E-state index contributed by atoms with van der Waals surface area (Å²) in [6.45, 7) is 2.78. The zero-order chi connectivity index (χ0) is 17.7. The molecular weight excluding hydrogens is 360 g/mol. The molecule has 0 saturated carbocycles. The quantitative estimate of drug-likeness (QED) is 0.768. The summed E-state index contributed by atoms with van der Waals surface area (Å²) in [5, 5.41) is 4.16. The summed E-state index contributed by atoms with van der Waals surface area (Å²) in [5.41, 5.74) is 2.03. The summed E-state index contributed by atoms with van der Waals surface area (Å²) in [4.78, 5) is 0. The second kappa shape index (κ2) is 6.01. The molecule has 5 heteroatoms. The maximum absolute atomic E-state index is 14.4. The van der Waals surface area contributed by atoms with Crippen LogP contribution in [-0.4, -0.2) is 13.1 Å². The van der Waals surface area contributed by atoms with E-state index in [9.17, 15) is 4.39 Å². The van der Waals surface area contributed by atoms with Crippen molar-refractivity contribution in [1.82, 2.24) is 5.32 Å². The van der Waals surface area contributed by atoms with Crippen LogP contribution in [0.3, 0.4) is 0 Å². The van der Waals surface area contributed by atoms with E-state index in [0.717, 1.165) is 22.3 Å². The van der Waals surface area contributed by atoms with E-state index in [4.69, 9.17) is 27.9 Å². The van der Waals surface area contributed by atoms with E-state index >= 15 is 0 Å². The zero-order valence-electron chi connectivity index (χ0n) is 13.8. The molecule has 1 N–H and O–H groups in total. The van der Waals surface area contributed by atoms with Crippen LogP contribution in [0.5, 0.6) is 0 Å². The van der Waals surface area contributed by atoms with Crippen LogP contribution in [0.15, 0.2) is 48.7 Å². The molecule has 0 aliphatic carbocycles. The van der Waals surface area contributed by atoms with Crippen molar-refractivity contribution in [3.05, 3.63) is 75.5 Å². The molecule has 2 aliphatic heterocycles. The molecule has 4 rings (SSSR count). The zero-order valence-corrected chi connectivity index (χ0v) is 15.3. The molecule has 0 spiro atoms. The summed E-state index contributed by atoms with van der Waals surface area (Å²) >= 11 is 12.3. The Morgan fingerprint density at radius 1 is 1.00 bits per heavy atom. The van der Waals surface area contributed by atoms with Gasteiger partial charge in [0, 0.05) is 29.6 Å². The summed E-state index contributed by atoms with van der Waals surface area (Å²) in [5.74, 6) is 0. The van der Waals surface area contributed by atoms with Crippen LogP contribution in [-0.2, 0) is 16.0 Å². The van der Waals surface area contributed by atoms with Gasteiger partial charge in [-0.1, -0.05) is 47.5 Å². The van der Waals surface area contributed by atoms with Crippen LogP contribution in [0, 0.1) is 0 Å². The highest BCUT2D eigenvalue weighted by molar-refractivity contribution is 6.34. The largest absolute Gasteiger partial charge is 0.490 e. The van der Waals surface area contributed by atoms with Gasteiger partial charge in [0.2, 0.25) is 0 Å². The van der Waals surface area contributed by atoms with Gasteiger partial charge >= 0.3 is 0 Å². The third-order valence-corrected chi connectivity index (χ3v) is 5.48. The number of benzene rings is 2. The Kier molecular flexibility index (Phi) is 4.06. The van der Waals surface area contributed by atoms with Gasteiger partial charge in [0.25, 0.3) is 0 Å². The first-order valence-electron chi connectivity index (χ1n) is 8.22. The van der Waals surface area contributed by atoms with Gasteiger partial charge in [-0.05, 0) is 47.4 Å². The second-order valence-electron chi connectivity index (χ2n) is 6.97. The lowest BCUT2D eigenvalue weighted by atomic mass is 9.86. The highest BCUT2D eigenvalue weighted by Crippen LogP contribution is 2.43. The molecule has 2 aliphatic rings. The molecule has 0 bridgehead atoms. The van der Waals surface area contributed by atoms with Crippen LogP contribution in [0.2, 0.25) is 10.0 Å². The Labute approximate surface area is 156 Å². The topological polar surface area (TPSA) is 21.3 Å². The molecule has 130 valence electrons. The van der Waals surface area contributed by atoms with Gasteiger partial charge < -0.3 is 10.1 Å². The summed E-state index contributed by atoms with van der Waals surface area (Å²) in [6.07, 6.45) is 2.48. The van der Waals surface area contributed by atoms with Crippen molar-refractivity contribution in [3.63, 3.8) is 0 Å². The van der Waals surface area contributed by atoms with Crippen molar-refractivity contribution in [2.24, 2.45) is 0 Å². The predicted molar refractivity (Wildman–Crippen MR) is 99.6 cm³/mol. The molecule has 2 aromatic carbocycles. The average molecular weight is 378 g/mol. The minimum Gasteiger partial charge on any atom is -0.490 e. The van der Waals surface area contributed by atoms with Gasteiger partial charge in [-0.15, -0.1) is 0 Å². The van der Waals surface area contributed by atoms with Crippen molar-refractivity contribution in [2.45, 2.75) is 24.6 Å². The number of hydrogen-bond donors (Lipinski definition) is 1. The number of nitrogens with one attached hydrogen (secondary N) is 1. The summed E-state index contributed by atoms with van der Waals surface area (Å²) in [6, 6.07) is 13.1. The van der Waals surface area contributed by atoms with Gasteiger partial charge in [0.05, 0.1) is 6.26 Å². The van der Waals surface area contributed by atoms with Crippen molar-refractivity contribution < 1.29 is 9.13 Å².